The third kappa shape index (κ3) is 1.16. The van der Waals surface area contributed by atoms with Gasteiger partial charge in [-0.25, -0.2) is 9.37 Å². The highest BCUT2D eigenvalue weighted by Crippen LogP contribution is 2.27. The van der Waals surface area contributed by atoms with Crippen LogP contribution in [0.2, 0.25) is 0 Å². The van der Waals surface area contributed by atoms with Crippen LogP contribution in [0.15, 0.2) is 22.1 Å². The molecule has 0 radical (unpaired) electrons. The van der Waals surface area contributed by atoms with Crippen molar-refractivity contribution in [2.75, 3.05) is 0 Å². The second-order valence-electron chi connectivity index (χ2n) is 2.05. The molecular formula is C7H3BrFNS. The molecule has 0 N–H and O–H groups in total. The van der Waals surface area contributed by atoms with Gasteiger partial charge in [0.1, 0.15) is 5.82 Å². The predicted molar refractivity (Wildman–Crippen MR) is 47.3 cm³/mol. The second kappa shape index (κ2) is 2.53. The summed E-state index contributed by atoms with van der Waals surface area (Å²) in [6.45, 7) is 0. The zero-order chi connectivity index (χ0) is 7.84. The predicted octanol–water partition coefficient (Wildman–Crippen LogP) is 3.20. The Bertz CT molecular complexity index is 398. The maximum Gasteiger partial charge on any atom is 0.160 e. The zero-order valence-electron chi connectivity index (χ0n) is 5.34. The third-order valence-electron chi connectivity index (χ3n) is 1.34. The van der Waals surface area contributed by atoms with Crippen molar-refractivity contribution in [1.29, 1.82) is 0 Å². The molecule has 0 spiro atoms. The lowest BCUT2D eigenvalue weighted by Gasteiger charge is -1.86. The van der Waals surface area contributed by atoms with E-state index < -0.39 is 0 Å². The number of halogens is 2. The summed E-state index contributed by atoms with van der Waals surface area (Å²) in [6, 6.07) is 4.89. The molecule has 56 valence electrons. The van der Waals surface area contributed by atoms with Gasteiger partial charge in [-0.15, -0.1) is 11.3 Å². The average Bonchev–Trinajstić information content (AvgIpc) is 2.31. The van der Waals surface area contributed by atoms with E-state index in [1.807, 2.05) is 0 Å². The van der Waals surface area contributed by atoms with E-state index in [-0.39, 0.29) is 5.82 Å². The van der Waals surface area contributed by atoms with E-state index in [0.29, 0.717) is 10.2 Å². The molecule has 2 aromatic rings. The minimum absolute atomic E-state index is 0.203. The Morgan fingerprint density at radius 1 is 1.45 bits per heavy atom. The number of hydrogen-bond donors (Lipinski definition) is 0. The Morgan fingerprint density at radius 2 is 2.27 bits per heavy atom. The summed E-state index contributed by atoms with van der Waals surface area (Å²) in [5.41, 5.74) is 0.710. The molecule has 0 aliphatic carbocycles. The van der Waals surface area contributed by atoms with Crippen LogP contribution < -0.4 is 0 Å². The fourth-order valence-electron chi connectivity index (χ4n) is 0.888. The monoisotopic (exact) mass is 231 g/mol. The van der Waals surface area contributed by atoms with Crippen LogP contribution in [-0.2, 0) is 0 Å². The summed E-state index contributed by atoms with van der Waals surface area (Å²) >= 11 is 4.51. The third-order valence-corrected chi connectivity index (χ3v) is 2.87. The van der Waals surface area contributed by atoms with E-state index in [9.17, 15) is 4.39 Å². The van der Waals surface area contributed by atoms with Gasteiger partial charge in [-0.1, -0.05) is 6.07 Å². The fourth-order valence-corrected chi connectivity index (χ4v) is 2.26. The molecular weight excluding hydrogens is 229 g/mol. The molecule has 2 rings (SSSR count). The standard InChI is InChI=1S/C7H3BrFNS/c8-7-10-5-3-1-2-4(9)6(5)11-7/h1-3H. The van der Waals surface area contributed by atoms with Crippen molar-refractivity contribution in [2.24, 2.45) is 0 Å². The molecule has 0 bridgehead atoms. The fraction of sp³-hybridized carbons (Fsp3) is 0. The molecule has 4 heteroatoms. The number of benzene rings is 1. The molecule has 0 atom stereocenters. The van der Waals surface area contributed by atoms with E-state index >= 15 is 0 Å². The minimum atomic E-state index is -0.203. The number of nitrogens with zero attached hydrogens (tertiary/aromatic N) is 1. The molecule has 0 aliphatic heterocycles. The van der Waals surface area contributed by atoms with Gasteiger partial charge in [0.25, 0.3) is 0 Å². The number of hydrogen-bond acceptors (Lipinski definition) is 2. The van der Waals surface area contributed by atoms with Crippen molar-refractivity contribution in [2.45, 2.75) is 0 Å². The highest BCUT2D eigenvalue weighted by molar-refractivity contribution is 9.11. The lowest BCUT2D eigenvalue weighted by molar-refractivity contribution is 0.641. The highest BCUT2D eigenvalue weighted by atomic mass is 79.9. The molecule has 0 aliphatic rings. The van der Waals surface area contributed by atoms with Crippen LogP contribution in [0.1, 0.15) is 0 Å². The normalized spacial score (nSPS) is 10.7. The maximum absolute atomic E-state index is 12.9. The van der Waals surface area contributed by atoms with Gasteiger partial charge in [-0.2, -0.15) is 0 Å². The Hall–Kier alpha value is -0.480. The van der Waals surface area contributed by atoms with E-state index in [1.165, 1.54) is 17.4 Å². The minimum Gasteiger partial charge on any atom is -0.229 e. The van der Waals surface area contributed by atoms with Crippen molar-refractivity contribution in [3.63, 3.8) is 0 Å². The van der Waals surface area contributed by atoms with Gasteiger partial charge < -0.3 is 0 Å². The van der Waals surface area contributed by atoms with Crippen LogP contribution >= 0.6 is 27.3 Å². The van der Waals surface area contributed by atoms with Crippen LogP contribution in [0.4, 0.5) is 4.39 Å². The summed E-state index contributed by atoms with van der Waals surface area (Å²) in [5.74, 6) is -0.203. The number of fused-ring (bicyclic) bond motifs is 1. The first-order chi connectivity index (χ1) is 5.27. The molecule has 1 nitrogen and oxygen atoms in total. The van der Waals surface area contributed by atoms with Crippen molar-refractivity contribution < 1.29 is 4.39 Å². The number of rotatable bonds is 0. The first-order valence-corrected chi connectivity index (χ1v) is 4.59. The van der Waals surface area contributed by atoms with E-state index in [0.717, 1.165) is 3.92 Å². The molecule has 0 unspecified atom stereocenters. The quantitative estimate of drug-likeness (QED) is 0.679. The maximum atomic E-state index is 12.9. The molecule has 0 fully saturated rings. The van der Waals surface area contributed by atoms with Crippen molar-refractivity contribution >= 4 is 37.5 Å². The summed E-state index contributed by atoms with van der Waals surface area (Å²) in [7, 11) is 0. The summed E-state index contributed by atoms with van der Waals surface area (Å²) in [6.07, 6.45) is 0. The molecule has 1 aromatic carbocycles. The molecule has 0 saturated heterocycles. The van der Waals surface area contributed by atoms with Crippen LogP contribution in [0.25, 0.3) is 10.2 Å². The van der Waals surface area contributed by atoms with Crippen LogP contribution in [0, 0.1) is 5.82 Å². The van der Waals surface area contributed by atoms with Gasteiger partial charge >= 0.3 is 0 Å². The van der Waals surface area contributed by atoms with Gasteiger partial charge in [0, 0.05) is 0 Å². The van der Waals surface area contributed by atoms with Crippen LogP contribution in [0.5, 0.6) is 0 Å². The van der Waals surface area contributed by atoms with Crippen molar-refractivity contribution in [3.8, 4) is 0 Å². The lowest BCUT2D eigenvalue weighted by Crippen LogP contribution is -1.71. The number of aromatic nitrogens is 1. The summed E-state index contributed by atoms with van der Waals surface area (Å²) in [4.78, 5) is 4.07. The van der Waals surface area contributed by atoms with Gasteiger partial charge in [0.2, 0.25) is 0 Å². The van der Waals surface area contributed by atoms with Gasteiger partial charge in [-0.05, 0) is 28.1 Å². The lowest BCUT2D eigenvalue weighted by atomic mass is 10.3. The van der Waals surface area contributed by atoms with Gasteiger partial charge in [0.15, 0.2) is 3.92 Å². The topological polar surface area (TPSA) is 12.9 Å². The molecule has 11 heavy (non-hydrogen) atoms. The second-order valence-corrected chi connectivity index (χ2v) is 4.33. The Morgan fingerprint density at radius 3 is 3.00 bits per heavy atom. The molecule has 1 heterocycles. The zero-order valence-corrected chi connectivity index (χ0v) is 7.75. The highest BCUT2D eigenvalue weighted by Gasteiger charge is 2.04. The van der Waals surface area contributed by atoms with Crippen LogP contribution in [-0.4, -0.2) is 4.98 Å². The Kier molecular flexibility index (Phi) is 1.65. The van der Waals surface area contributed by atoms with Gasteiger partial charge in [-0.3, -0.25) is 0 Å². The van der Waals surface area contributed by atoms with E-state index in [2.05, 4.69) is 20.9 Å². The summed E-state index contributed by atoms with van der Waals surface area (Å²) in [5, 5.41) is 0. The molecule has 1 aromatic heterocycles. The van der Waals surface area contributed by atoms with Crippen molar-refractivity contribution in [1.82, 2.24) is 4.98 Å². The van der Waals surface area contributed by atoms with Gasteiger partial charge in [0.05, 0.1) is 10.2 Å². The SMILES string of the molecule is Fc1cccc2nc(Br)sc12. The summed E-state index contributed by atoms with van der Waals surface area (Å²) < 4.78 is 14.3. The Balaban J connectivity index is 2.90. The molecule has 0 saturated carbocycles. The Labute approximate surface area is 75.0 Å². The van der Waals surface area contributed by atoms with E-state index in [1.54, 1.807) is 12.1 Å². The average molecular weight is 232 g/mol. The largest absolute Gasteiger partial charge is 0.229 e. The van der Waals surface area contributed by atoms with E-state index in [4.69, 9.17) is 0 Å². The first-order valence-electron chi connectivity index (χ1n) is 2.98. The first kappa shape index (κ1) is 7.18. The molecule has 0 amide bonds. The van der Waals surface area contributed by atoms with Crippen LogP contribution in [0.3, 0.4) is 0 Å². The number of thiazole rings is 1. The smallest absolute Gasteiger partial charge is 0.160 e. The van der Waals surface area contributed by atoms with Crippen molar-refractivity contribution in [3.05, 3.63) is 27.9 Å².